The Morgan fingerprint density at radius 1 is 0.909 bits per heavy atom. The molecule has 0 unspecified atom stereocenters. The van der Waals surface area contributed by atoms with Crippen LogP contribution in [0.4, 0.5) is 0 Å². The lowest BCUT2D eigenvalue weighted by molar-refractivity contribution is 0.566. The fourth-order valence-electron chi connectivity index (χ4n) is 2.94. The summed E-state index contributed by atoms with van der Waals surface area (Å²) in [6.45, 7) is 5.60. The molecule has 0 saturated carbocycles. The minimum Gasteiger partial charge on any atom is -0.335 e. The van der Waals surface area contributed by atoms with Crippen LogP contribution in [0, 0.1) is 0 Å². The van der Waals surface area contributed by atoms with Crippen molar-refractivity contribution in [3.63, 3.8) is 0 Å². The van der Waals surface area contributed by atoms with Gasteiger partial charge in [0.05, 0.1) is 5.69 Å². The number of rotatable bonds is 10. The normalized spacial score (nSPS) is 11.0. The van der Waals surface area contributed by atoms with E-state index in [2.05, 4.69) is 54.9 Å². The third-order valence-corrected chi connectivity index (χ3v) is 4.22. The zero-order valence-corrected chi connectivity index (χ0v) is 14.2. The van der Waals surface area contributed by atoms with Gasteiger partial charge in [-0.1, -0.05) is 63.4 Å². The molecule has 0 bridgehead atoms. The number of hydrogen-bond acceptors (Lipinski definition) is 1. The summed E-state index contributed by atoms with van der Waals surface area (Å²) in [7, 11) is 0. The Kier molecular flexibility index (Phi) is 7.21. The van der Waals surface area contributed by atoms with E-state index < -0.39 is 0 Å². The van der Waals surface area contributed by atoms with Crippen LogP contribution >= 0.6 is 0 Å². The molecule has 0 amide bonds. The second-order valence-corrected chi connectivity index (χ2v) is 6.10. The second kappa shape index (κ2) is 9.45. The molecule has 0 N–H and O–H groups in total. The van der Waals surface area contributed by atoms with E-state index in [9.17, 15) is 0 Å². The van der Waals surface area contributed by atoms with Crippen molar-refractivity contribution in [3.8, 4) is 0 Å². The first-order valence-corrected chi connectivity index (χ1v) is 8.92. The van der Waals surface area contributed by atoms with Crippen LogP contribution in [-0.4, -0.2) is 9.55 Å². The highest BCUT2D eigenvalue weighted by molar-refractivity contribution is 5.15. The maximum absolute atomic E-state index is 4.82. The van der Waals surface area contributed by atoms with Crippen LogP contribution in [-0.2, 0) is 25.8 Å². The summed E-state index contributed by atoms with van der Waals surface area (Å²) in [6.07, 6.45) is 12.0. The Labute approximate surface area is 135 Å². The zero-order valence-electron chi connectivity index (χ0n) is 14.2. The Balaban J connectivity index is 1.82. The number of hydrogen-bond donors (Lipinski definition) is 0. The summed E-state index contributed by atoms with van der Waals surface area (Å²) in [5, 5.41) is 0. The molecule has 2 nitrogen and oxygen atoms in total. The predicted octanol–water partition coefficient (Wildman–Crippen LogP) is 5.20. The molecule has 0 fully saturated rings. The van der Waals surface area contributed by atoms with Crippen molar-refractivity contribution in [1.82, 2.24) is 9.55 Å². The highest BCUT2D eigenvalue weighted by Crippen LogP contribution is 2.11. The Bertz CT molecular complexity index is 528. The lowest BCUT2D eigenvalue weighted by atomic mass is 10.1. The first-order valence-electron chi connectivity index (χ1n) is 8.92. The molecule has 2 aromatic rings. The summed E-state index contributed by atoms with van der Waals surface area (Å²) in [6, 6.07) is 10.7. The van der Waals surface area contributed by atoms with Gasteiger partial charge in [-0.2, -0.15) is 0 Å². The summed E-state index contributed by atoms with van der Waals surface area (Å²) >= 11 is 0. The summed E-state index contributed by atoms with van der Waals surface area (Å²) in [4.78, 5) is 4.82. The van der Waals surface area contributed by atoms with Gasteiger partial charge < -0.3 is 4.57 Å². The molecular formula is C20H30N2. The van der Waals surface area contributed by atoms with E-state index in [-0.39, 0.29) is 0 Å². The summed E-state index contributed by atoms with van der Waals surface area (Å²) in [5.41, 5.74) is 2.69. The molecule has 120 valence electrons. The molecule has 0 aliphatic carbocycles. The fraction of sp³-hybridized carbons (Fsp3) is 0.550. The van der Waals surface area contributed by atoms with Crippen LogP contribution in [0.3, 0.4) is 0 Å². The summed E-state index contributed by atoms with van der Waals surface area (Å²) in [5.74, 6) is 1.26. The van der Waals surface area contributed by atoms with E-state index in [0.29, 0.717) is 0 Å². The van der Waals surface area contributed by atoms with Gasteiger partial charge in [0.25, 0.3) is 0 Å². The minimum atomic E-state index is 1.03. The number of aryl methyl sites for hydroxylation is 4. The summed E-state index contributed by atoms with van der Waals surface area (Å²) < 4.78 is 2.38. The number of imidazole rings is 1. The molecule has 0 aliphatic heterocycles. The number of unbranched alkanes of at least 4 members (excludes halogenated alkanes) is 3. The van der Waals surface area contributed by atoms with E-state index in [1.807, 2.05) is 0 Å². The van der Waals surface area contributed by atoms with Crippen molar-refractivity contribution in [1.29, 1.82) is 0 Å². The van der Waals surface area contributed by atoms with Gasteiger partial charge in [0.2, 0.25) is 0 Å². The van der Waals surface area contributed by atoms with Gasteiger partial charge in [-0.25, -0.2) is 4.98 Å². The van der Waals surface area contributed by atoms with E-state index in [4.69, 9.17) is 4.98 Å². The molecule has 1 aromatic carbocycles. The van der Waals surface area contributed by atoms with E-state index in [1.54, 1.807) is 0 Å². The Morgan fingerprint density at radius 3 is 2.45 bits per heavy atom. The van der Waals surface area contributed by atoms with E-state index in [0.717, 1.165) is 25.8 Å². The quantitative estimate of drug-likeness (QED) is 0.551. The van der Waals surface area contributed by atoms with Crippen molar-refractivity contribution in [3.05, 3.63) is 53.6 Å². The lowest BCUT2D eigenvalue weighted by Gasteiger charge is -2.05. The molecule has 0 saturated heterocycles. The number of nitrogens with zero attached hydrogens (tertiary/aromatic N) is 2. The fourth-order valence-corrected chi connectivity index (χ4v) is 2.94. The molecule has 2 rings (SSSR count). The highest BCUT2D eigenvalue weighted by atomic mass is 15.1. The number of aromatic nitrogens is 2. The van der Waals surface area contributed by atoms with Gasteiger partial charge in [0, 0.05) is 19.2 Å². The third-order valence-electron chi connectivity index (χ3n) is 4.22. The Morgan fingerprint density at radius 2 is 1.73 bits per heavy atom. The molecule has 0 spiro atoms. The second-order valence-electron chi connectivity index (χ2n) is 6.10. The van der Waals surface area contributed by atoms with Crippen LogP contribution in [0.5, 0.6) is 0 Å². The van der Waals surface area contributed by atoms with Gasteiger partial charge in [-0.3, -0.25) is 0 Å². The van der Waals surface area contributed by atoms with Gasteiger partial charge >= 0.3 is 0 Å². The smallest absolute Gasteiger partial charge is 0.108 e. The maximum atomic E-state index is 4.82. The first kappa shape index (κ1) is 16.8. The topological polar surface area (TPSA) is 17.8 Å². The Hall–Kier alpha value is -1.57. The zero-order chi connectivity index (χ0) is 15.6. The van der Waals surface area contributed by atoms with Crippen molar-refractivity contribution in [2.24, 2.45) is 0 Å². The first-order chi connectivity index (χ1) is 10.8. The highest BCUT2D eigenvalue weighted by Gasteiger charge is 2.06. The average molecular weight is 298 g/mol. The monoisotopic (exact) mass is 298 g/mol. The van der Waals surface area contributed by atoms with Gasteiger partial charge in [-0.15, -0.1) is 0 Å². The average Bonchev–Trinajstić information content (AvgIpc) is 2.95. The van der Waals surface area contributed by atoms with Crippen LogP contribution in [0.15, 0.2) is 36.5 Å². The molecule has 0 aliphatic rings. The number of benzene rings is 1. The lowest BCUT2D eigenvalue weighted by Crippen LogP contribution is -2.01. The van der Waals surface area contributed by atoms with Crippen LogP contribution in [0.25, 0.3) is 0 Å². The van der Waals surface area contributed by atoms with Crippen LogP contribution < -0.4 is 0 Å². The van der Waals surface area contributed by atoms with Gasteiger partial charge in [0.1, 0.15) is 5.82 Å². The van der Waals surface area contributed by atoms with Crippen molar-refractivity contribution in [2.75, 3.05) is 0 Å². The van der Waals surface area contributed by atoms with E-state index >= 15 is 0 Å². The predicted molar refractivity (Wildman–Crippen MR) is 94.2 cm³/mol. The van der Waals surface area contributed by atoms with E-state index in [1.165, 1.54) is 49.2 Å². The molecule has 0 radical (unpaired) electrons. The molecule has 1 heterocycles. The maximum Gasteiger partial charge on any atom is 0.108 e. The molecular weight excluding hydrogens is 268 g/mol. The largest absolute Gasteiger partial charge is 0.335 e. The van der Waals surface area contributed by atoms with Gasteiger partial charge in [-0.05, 0) is 31.2 Å². The van der Waals surface area contributed by atoms with Crippen molar-refractivity contribution >= 4 is 0 Å². The van der Waals surface area contributed by atoms with Crippen LogP contribution in [0.1, 0.15) is 63.0 Å². The molecule has 1 aromatic heterocycles. The SMILES string of the molecule is CCCCCCn1cc(CCCc2ccccc2)nc1CC. The molecule has 22 heavy (non-hydrogen) atoms. The molecule has 2 heteroatoms. The van der Waals surface area contributed by atoms with Gasteiger partial charge in [0.15, 0.2) is 0 Å². The standard InChI is InChI=1S/C20H30N2/c1-3-5-6-10-16-22-17-19(21-20(22)4-2)15-11-14-18-12-8-7-9-13-18/h7-9,12-13,17H,3-6,10-11,14-16H2,1-2H3. The molecule has 0 atom stereocenters. The minimum absolute atomic E-state index is 1.03. The van der Waals surface area contributed by atoms with Crippen molar-refractivity contribution < 1.29 is 0 Å². The third kappa shape index (κ3) is 5.32. The van der Waals surface area contributed by atoms with Crippen LogP contribution in [0.2, 0.25) is 0 Å². The van der Waals surface area contributed by atoms with Crippen molar-refractivity contribution in [2.45, 2.75) is 71.8 Å².